The largest absolute Gasteiger partial charge is 0.481 e. The van der Waals surface area contributed by atoms with Gasteiger partial charge in [0.2, 0.25) is 0 Å². The van der Waals surface area contributed by atoms with Gasteiger partial charge in [0.1, 0.15) is 11.8 Å². The Morgan fingerprint density at radius 3 is 2.61 bits per heavy atom. The quantitative estimate of drug-likeness (QED) is 0.684. The van der Waals surface area contributed by atoms with Crippen LogP contribution in [0.15, 0.2) is 42.5 Å². The minimum atomic E-state index is -1.11. The molecule has 1 atom stereocenters. The Balaban J connectivity index is 1.90. The Kier molecular flexibility index (Phi) is 6.96. The van der Waals surface area contributed by atoms with E-state index < -0.39 is 30.5 Å². The summed E-state index contributed by atoms with van der Waals surface area (Å²) in [5.41, 5.74) is 5.97. The van der Waals surface area contributed by atoms with Crippen molar-refractivity contribution in [2.45, 2.75) is 13.0 Å². The number of nitrogens with one attached hydrogen (secondary N) is 1. The van der Waals surface area contributed by atoms with Crippen LogP contribution in [0.4, 0.5) is 5.69 Å². The first-order chi connectivity index (χ1) is 13.3. The molecule has 0 bridgehead atoms. The molecule has 144 valence electrons. The van der Waals surface area contributed by atoms with Crippen LogP contribution < -0.4 is 15.8 Å². The highest BCUT2D eigenvalue weighted by Crippen LogP contribution is 2.20. The van der Waals surface area contributed by atoms with Crippen molar-refractivity contribution in [1.29, 1.82) is 5.26 Å². The maximum atomic E-state index is 12.1. The number of primary amides is 1. The van der Waals surface area contributed by atoms with Gasteiger partial charge >= 0.3 is 5.97 Å². The topological polar surface area (TPSA) is 132 Å². The lowest BCUT2D eigenvalue weighted by atomic mass is 10.2. The normalized spacial score (nSPS) is 11.0. The van der Waals surface area contributed by atoms with Gasteiger partial charge < -0.3 is 20.5 Å². The molecule has 9 heteroatoms. The highest BCUT2D eigenvalue weighted by molar-refractivity contribution is 6.32. The highest BCUT2D eigenvalue weighted by atomic mass is 35.5. The number of hydrogen-bond acceptors (Lipinski definition) is 6. The first kappa shape index (κ1) is 20.7. The molecule has 0 unspecified atom stereocenters. The van der Waals surface area contributed by atoms with Gasteiger partial charge in [-0.2, -0.15) is 5.26 Å². The number of hydrogen-bond donors (Lipinski definition) is 2. The molecule has 0 aliphatic heterocycles. The number of carbonyl (C=O) groups excluding carboxylic acids is 3. The summed E-state index contributed by atoms with van der Waals surface area (Å²) in [4.78, 5) is 35.4. The van der Waals surface area contributed by atoms with Gasteiger partial charge in [-0.25, -0.2) is 4.79 Å². The lowest BCUT2D eigenvalue weighted by molar-refractivity contribution is -0.155. The molecule has 2 aromatic carbocycles. The number of nitrogens with zero attached hydrogens (tertiary/aromatic N) is 1. The molecule has 0 saturated heterocycles. The molecule has 2 aromatic rings. The van der Waals surface area contributed by atoms with Crippen molar-refractivity contribution >= 4 is 35.1 Å². The average molecular weight is 402 g/mol. The van der Waals surface area contributed by atoms with E-state index in [9.17, 15) is 14.4 Å². The zero-order valence-electron chi connectivity index (χ0n) is 14.8. The van der Waals surface area contributed by atoms with E-state index in [1.807, 2.05) is 6.07 Å². The summed E-state index contributed by atoms with van der Waals surface area (Å²) in [5.74, 6) is -1.96. The van der Waals surface area contributed by atoms with E-state index in [0.29, 0.717) is 5.69 Å². The number of rotatable bonds is 7. The van der Waals surface area contributed by atoms with Crippen LogP contribution >= 0.6 is 11.6 Å². The average Bonchev–Trinajstić information content (AvgIpc) is 2.66. The number of nitriles is 1. The van der Waals surface area contributed by atoms with Gasteiger partial charge in [0, 0.05) is 5.69 Å². The van der Waals surface area contributed by atoms with Crippen molar-refractivity contribution < 1.29 is 23.9 Å². The molecule has 0 aliphatic carbocycles. The second kappa shape index (κ2) is 9.39. The second-order valence-corrected chi connectivity index (χ2v) is 5.98. The van der Waals surface area contributed by atoms with Crippen molar-refractivity contribution in [2.24, 2.45) is 5.73 Å². The van der Waals surface area contributed by atoms with Gasteiger partial charge in [-0.1, -0.05) is 23.7 Å². The molecule has 2 amide bonds. The predicted octanol–water partition coefficient (Wildman–Crippen LogP) is 2.26. The van der Waals surface area contributed by atoms with Gasteiger partial charge in [0.15, 0.2) is 12.7 Å². The molecule has 0 aliphatic rings. The molecular weight excluding hydrogens is 386 g/mol. The van der Waals surface area contributed by atoms with Crippen molar-refractivity contribution in [3.05, 3.63) is 58.6 Å². The third-order valence-corrected chi connectivity index (χ3v) is 3.85. The lowest BCUT2D eigenvalue weighted by Crippen LogP contribution is -2.31. The van der Waals surface area contributed by atoms with Crippen LogP contribution in [-0.2, 0) is 14.3 Å². The smallest absolute Gasteiger partial charge is 0.344 e. The van der Waals surface area contributed by atoms with Crippen LogP contribution in [0.25, 0.3) is 0 Å². The predicted molar refractivity (Wildman–Crippen MR) is 101 cm³/mol. The standard InChI is InChI=1S/C19H16ClN3O5/c1-11(19(26)23-13-7-6-12(9-21)15(20)8-13)28-17(24)10-27-16-5-3-2-4-14(16)18(22)25/h2-8,11H,10H2,1H3,(H2,22,25)(H,23,26)/t11-/m0/s1. The fourth-order valence-electron chi connectivity index (χ4n) is 2.14. The fraction of sp³-hybridized carbons (Fsp3) is 0.158. The van der Waals surface area contributed by atoms with Crippen LogP contribution in [0.3, 0.4) is 0 Å². The molecule has 0 spiro atoms. The minimum absolute atomic E-state index is 0.124. The Labute approximate surface area is 165 Å². The summed E-state index contributed by atoms with van der Waals surface area (Å²) in [6, 6.07) is 12.4. The third kappa shape index (κ3) is 5.46. The number of halogens is 1. The zero-order chi connectivity index (χ0) is 20.7. The summed E-state index contributed by atoms with van der Waals surface area (Å²) < 4.78 is 10.2. The van der Waals surface area contributed by atoms with Gasteiger partial charge in [-0.3, -0.25) is 9.59 Å². The molecule has 2 rings (SSSR count). The monoisotopic (exact) mass is 401 g/mol. The molecule has 3 N–H and O–H groups in total. The summed E-state index contributed by atoms with van der Waals surface area (Å²) in [5, 5.41) is 11.6. The summed E-state index contributed by atoms with van der Waals surface area (Å²) in [7, 11) is 0. The van der Waals surface area contributed by atoms with E-state index in [1.54, 1.807) is 12.1 Å². The molecule has 0 heterocycles. The van der Waals surface area contributed by atoms with Crippen LogP contribution in [0, 0.1) is 11.3 Å². The van der Waals surface area contributed by atoms with Gasteiger partial charge in [0.25, 0.3) is 11.8 Å². The molecule has 0 radical (unpaired) electrons. The summed E-state index contributed by atoms with van der Waals surface area (Å²) in [6.07, 6.45) is -1.11. The van der Waals surface area contributed by atoms with E-state index >= 15 is 0 Å². The van der Waals surface area contributed by atoms with Crippen molar-refractivity contribution in [1.82, 2.24) is 0 Å². The van der Waals surface area contributed by atoms with E-state index in [1.165, 1.54) is 37.3 Å². The Morgan fingerprint density at radius 2 is 1.96 bits per heavy atom. The van der Waals surface area contributed by atoms with Gasteiger partial charge in [-0.05, 0) is 37.3 Å². The van der Waals surface area contributed by atoms with E-state index in [4.69, 9.17) is 32.1 Å². The molecule has 28 heavy (non-hydrogen) atoms. The maximum Gasteiger partial charge on any atom is 0.344 e. The van der Waals surface area contributed by atoms with E-state index in [2.05, 4.69) is 5.32 Å². The van der Waals surface area contributed by atoms with Gasteiger partial charge in [0.05, 0.1) is 16.1 Å². The Hall–Kier alpha value is -3.57. The van der Waals surface area contributed by atoms with E-state index in [-0.39, 0.29) is 21.9 Å². The van der Waals surface area contributed by atoms with Crippen molar-refractivity contribution in [2.75, 3.05) is 11.9 Å². The third-order valence-electron chi connectivity index (χ3n) is 3.53. The number of anilines is 1. The first-order valence-electron chi connectivity index (χ1n) is 8.03. The summed E-state index contributed by atoms with van der Waals surface area (Å²) >= 11 is 5.90. The van der Waals surface area contributed by atoms with Crippen molar-refractivity contribution in [3.8, 4) is 11.8 Å². The highest BCUT2D eigenvalue weighted by Gasteiger charge is 2.19. The van der Waals surface area contributed by atoms with Crippen molar-refractivity contribution in [3.63, 3.8) is 0 Å². The summed E-state index contributed by atoms with van der Waals surface area (Å²) in [6.45, 7) is 0.875. The second-order valence-electron chi connectivity index (χ2n) is 5.58. The SMILES string of the molecule is C[C@H](OC(=O)COc1ccccc1C(N)=O)C(=O)Nc1ccc(C#N)c(Cl)c1. The van der Waals surface area contributed by atoms with Gasteiger partial charge in [-0.15, -0.1) is 0 Å². The number of benzene rings is 2. The zero-order valence-corrected chi connectivity index (χ0v) is 15.5. The number of carbonyl (C=O) groups is 3. The molecule has 0 aromatic heterocycles. The molecular formula is C19H16ClN3O5. The molecule has 8 nitrogen and oxygen atoms in total. The van der Waals surface area contributed by atoms with E-state index in [0.717, 1.165) is 0 Å². The number of para-hydroxylation sites is 1. The van der Waals surface area contributed by atoms with Crippen LogP contribution in [-0.4, -0.2) is 30.5 Å². The number of esters is 1. The Morgan fingerprint density at radius 1 is 1.25 bits per heavy atom. The number of nitrogens with two attached hydrogens (primary N) is 1. The maximum absolute atomic E-state index is 12.1. The minimum Gasteiger partial charge on any atom is -0.481 e. The fourth-order valence-corrected chi connectivity index (χ4v) is 2.37. The molecule has 0 fully saturated rings. The van der Waals surface area contributed by atoms with Crippen LogP contribution in [0.1, 0.15) is 22.8 Å². The Bertz CT molecular complexity index is 955. The lowest BCUT2D eigenvalue weighted by Gasteiger charge is -2.14. The first-order valence-corrected chi connectivity index (χ1v) is 8.41. The molecule has 0 saturated carbocycles. The number of amides is 2. The van der Waals surface area contributed by atoms with Crippen LogP contribution in [0.5, 0.6) is 5.75 Å². The number of ether oxygens (including phenoxy) is 2. The van der Waals surface area contributed by atoms with Crippen LogP contribution in [0.2, 0.25) is 5.02 Å².